The van der Waals surface area contributed by atoms with E-state index in [0.717, 1.165) is 48.6 Å². The fraction of sp³-hybridized carbons (Fsp3) is 0.381. The van der Waals surface area contributed by atoms with Gasteiger partial charge in [-0.3, -0.25) is 14.6 Å². The van der Waals surface area contributed by atoms with E-state index in [-0.39, 0.29) is 11.7 Å². The quantitative estimate of drug-likeness (QED) is 0.843. The molecule has 1 aliphatic rings. The molecule has 0 radical (unpaired) electrons. The molecular weight excluding hydrogens is 365 g/mol. The molecule has 0 bridgehead atoms. The van der Waals surface area contributed by atoms with Crippen LogP contribution < -0.4 is 5.32 Å². The van der Waals surface area contributed by atoms with Gasteiger partial charge in [0, 0.05) is 43.4 Å². The number of nitrogens with zero attached hydrogens (tertiary/aromatic N) is 2. The Kier molecular flexibility index (Phi) is 6.47. The van der Waals surface area contributed by atoms with Crippen LogP contribution in [-0.4, -0.2) is 48.4 Å². The number of nitrogens with one attached hydrogen (secondary N) is 1. The number of amides is 1. The van der Waals surface area contributed by atoms with Gasteiger partial charge in [-0.2, -0.15) is 0 Å². The summed E-state index contributed by atoms with van der Waals surface area (Å²) in [7, 11) is 0. The van der Waals surface area contributed by atoms with Gasteiger partial charge in [-0.05, 0) is 48.7 Å². The first-order valence-electron chi connectivity index (χ1n) is 9.16. The first-order valence-corrected chi connectivity index (χ1v) is 9.54. The minimum absolute atomic E-state index is 0.0127. The van der Waals surface area contributed by atoms with E-state index >= 15 is 0 Å². The largest absolute Gasteiger partial charge is 0.325 e. The number of benzene rings is 2. The molecule has 0 saturated carbocycles. The number of aryl methyl sites for hydroxylation is 2. The minimum Gasteiger partial charge on any atom is -0.325 e. The third kappa shape index (κ3) is 5.51. The summed E-state index contributed by atoms with van der Waals surface area (Å²) in [6, 6.07) is 10.6. The Hall–Kier alpha value is -1.95. The van der Waals surface area contributed by atoms with Gasteiger partial charge in [0.2, 0.25) is 5.91 Å². The number of carbonyl (C=O) groups is 1. The molecule has 2 aromatic rings. The number of rotatable bonds is 5. The Morgan fingerprint density at radius 2 is 1.78 bits per heavy atom. The molecule has 1 saturated heterocycles. The summed E-state index contributed by atoms with van der Waals surface area (Å²) < 4.78 is 13.2. The van der Waals surface area contributed by atoms with Crippen LogP contribution in [0.15, 0.2) is 36.4 Å². The van der Waals surface area contributed by atoms with Crippen LogP contribution in [0.3, 0.4) is 0 Å². The van der Waals surface area contributed by atoms with Gasteiger partial charge in [-0.25, -0.2) is 4.39 Å². The second-order valence-electron chi connectivity index (χ2n) is 7.15. The lowest BCUT2D eigenvalue weighted by Gasteiger charge is -2.34. The van der Waals surface area contributed by atoms with Gasteiger partial charge in [0.15, 0.2) is 0 Å². The summed E-state index contributed by atoms with van der Waals surface area (Å²) in [5, 5.41) is 3.48. The zero-order chi connectivity index (χ0) is 19.4. The van der Waals surface area contributed by atoms with Gasteiger partial charge < -0.3 is 5.32 Å². The maximum Gasteiger partial charge on any atom is 0.238 e. The van der Waals surface area contributed by atoms with E-state index in [9.17, 15) is 9.18 Å². The number of anilines is 1. The highest BCUT2D eigenvalue weighted by molar-refractivity contribution is 6.31. The van der Waals surface area contributed by atoms with E-state index in [0.29, 0.717) is 18.1 Å². The van der Waals surface area contributed by atoms with E-state index in [1.165, 1.54) is 12.1 Å². The maximum atomic E-state index is 13.2. The van der Waals surface area contributed by atoms with Crippen molar-refractivity contribution in [2.24, 2.45) is 0 Å². The van der Waals surface area contributed by atoms with E-state index in [1.54, 1.807) is 6.07 Å². The highest BCUT2D eigenvalue weighted by Gasteiger charge is 2.20. The van der Waals surface area contributed by atoms with E-state index < -0.39 is 0 Å². The molecule has 0 unspecified atom stereocenters. The summed E-state index contributed by atoms with van der Waals surface area (Å²) >= 11 is 6.12. The van der Waals surface area contributed by atoms with Crippen molar-refractivity contribution in [2.45, 2.75) is 20.4 Å². The first-order chi connectivity index (χ1) is 12.9. The molecule has 6 heteroatoms. The highest BCUT2D eigenvalue weighted by atomic mass is 35.5. The lowest BCUT2D eigenvalue weighted by molar-refractivity contribution is -0.117. The standard InChI is InChI=1S/C21H25ClFN3O/c1-15-3-4-16(2)20(11-15)24-21(27)14-26-9-7-25(8-10-26)13-17-5-6-18(23)12-19(17)22/h3-6,11-12H,7-10,13-14H2,1-2H3,(H,24,27). The molecule has 1 heterocycles. The van der Waals surface area contributed by atoms with Gasteiger partial charge in [0.25, 0.3) is 0 Å². The van der Waals surface area contributed by atoms with Crippen molar-refractivity contribution in [3.05, 3.63) is 63.9 Å². The second kappa shape index (κ2) is 8.83. The van der Waals surface area contributed by atoms with Crippen molar-refractivity contribution in [1.29, 1.82) is 0 Å². The van der Waals surface area contributed by atoms with E-state index in [4.69, 9.17) is 11.6 Å². The number of hydrogen-bond donors (Lipinski definition) is 1. The molecule has 144 valence electrons. The second-order valence-corrected chi connectivity index (χ2v) is 7.56. The van der Waals surface area contributed by atoms with Crippen molar-refractivity contribution in [2.75, 3.05) is 38.0 Å². The van der Waals surface area contributed by atoms with Crippen LogP contribution in [0.4, 0.5) is 10.1 Å². The maximum absolute atomic E-state index is 13.2. The van der Waals surface area contributed by atoms with Crippen molar-refractivity contribution < 1.29 is 9.18 Å². The lowest BCUT2D eigenvalue weighted by Crippen LogP contribution is -2.48. The van der Waals surface area contributed by atoms with Crippen LogP contribution in [0, 0.1) is 19.7 Å². The molecule has 1 amide bonds. The van der Waals surface area contributed by atoms with Gasteiger partial charge in [0.1, 0.15) is 5.82 Å². The van der Waals surface area contributed by atoms with Crippen LogP contribution in [0.5, 0.6) is 0 Å². The highest BCUT2D eigenvalue weighted by Crippen LogP contribution is 2.20. The Labute approximate surface area is 164 Å². The topological polar surface area (TPSA) is 35.6 Å². The predicted molar refractivity (Wildman–Crippen MR) is 108 cm³/mol. The molecule has 2 aromatic carbocycles. The van der Waals surface area contributed by atoms with Crippen LogP contribution in [0.2, 0.25) is 5.02 Å². The van der Waals surface area contributed by atoms with E-state index in [1.807, 2.05) is 32.0 Å². The average molecular weight is 390 g/mol. The number of halogens is 2. The van der Waals surface area contributed by atoms with Gasteiger partial charge in [0.05, 0.1) is 6.54 Å². The van der Waals surface area contributed by atoms with Crippen LogP contribution in [-0.2, 0) is 11.3 Å². The Morgan fingerprint density at radius 1 is 1.07 bits per heavy atom. The van der Waals surface area contributed by atoms with Crippen LogP contribution in [0.1, 0.15) is 16.7 Å². The molecule has 0 atom stereocenters. The van der Waals surface area contributed by atoms with Gasteiger partial charge in [-0.1, -0.05) is 29.8 Å². The van der Waals surface area contributed by atoms with Crippen LogP contribution in [0.25, 0.3) is 0 Å². The molecule has 1 aliphatic heterocycles. The molecule has 3 rings (SSSR count). The minimum atomic E-state index is -0.316. The number of piperazine rings is 1. The summed E-state index contributed by atoms with van der Waals surface area (Å²) in [4.78, 5) is 16.8. The fourth-order valence-electron chi connectivity index (χ4n) is 3.26. The van der Waals surface area contributed by atoms with Gasteiger partial charge >= 0.3 is 0 Å². The molecule has 1 N–H and O–H groups in total. The molecule has 1 fully saturated rings. The summed E-state index contributed by atoms with van der Waals surface area (Å²) in [6.07, 6.45) is 0. The predicted octanol–water partition coefficient (Wildman–Crippen LogP) is 3.85. The Balaban J connectivity index is 1.47. The fourth-order valence-corrected chi connectivity index (χ4v) is 3.49. The third-order valence-corrected chi connectivity index (χ3v) is 5.26. The average Bonchev–Trinajstić information content (AvgIpc) is 2.62. The Morgan fingerprint density at radius 3 is 2.48 bits per heavy atom. The first kappa shape index (κ1) is 19.8. The zero-order valence-electron chi connectivity index (χ0n) is 15.8. The zero-order valence-corrected chi connectivity index (χ0v) is 16.5. The number of hydrogen-bond acceptors (Lipinski definition) is 3. The van der Waals surface area contributed by atoms with E-state index in [2.05, 4.69) is 15.1 Å². The summed E-state index contributed by atoms with van der Waals surface area (Å²) in [6.45, 7) is 8.43. The molecular formula is C21H25ClFN3O. The molecule has 0 spiro atoms. The number of carbonyl (C=O) groups excluding carboxylic acids is 1. The molecule has 4 nitrogen and oxygen atoms in total. The molecule has 0 aliphatic carbocycles. The van der Waals surface area contributed by atoms with Crippen molar-refractivity contribution in [3.8, 4) is 0 Å². The van der Waals surface area contributed by atoms with Gasteiger partial charge in [-0.15, -0.1) is 0 Å². The van der Waals surface area contributed by atoms with Crippen LogP contribution >= 0.6 is 11.6 Å². The SMILES string of the molecule is Cc1ccc(C)c(NC(=O)CN2CCN(Cc3ccc(F)cc3Cl)CC2)c1. The van der Waals surface area contributed by atoms with Crippen molar-refractivity contribution in [3.63, 3.8) is 0 Å². The normalized spacial score (nSPS) is 15.7. The van der Waals surface area contributed by atoms with Crippen molar-refractivity contribution in [1.82, 2.24) is 9.80 Å². The summed E-state index contributed by atoms with van der Waals surface area (Å²) in [5.74, 6) is -0.304. The van der Waals surface area contributed by atoms with Crippen molar-refractivity contribution >= 4 is 23.2 Å². The Bertz CT molecular complexity index is 819. The third-order valence-electron chi connectivity index (χ3n) is 4.91. The molecule has 0 aromatic heterocycles. The molecule has 27 heavy (non-hydrogen) atoms. The monoisotopic (exact) mass is 389 g/mol. The summed E-state index contributed by atoms with van der Waals surface area (Å²) in [5.41, 5.74) is 4.00. The smallest absolute Gasteiger partial charge is 0.238 e. The lowest BCUT2D eigenvalue weighted by atomic mass is 10.1.